The van der Waals surface area contributed by atoms with Gasteiger partial charge in [-0.1, -0.05) is 6.92 Å². The van der Waals surface area contributed by atoms with Gasteiger partial charge in [-0.2, -0.15) is 0 Å². The summed E-state index contributed by atoms with van der Waals surface area (Å²) in [6.45, 7) is 2.43. The molecule has 0 aliphatic rings. The standard InChI is InChI=1S/C13H16INO4/c1-8(7-19-2)5-12(16)15-11-6-9(13(17)18)3-4-10(11)14/h3-4,6,8H,5,7H2,1-2H3,(H,15,16)(H,17,18). The first kappa shape index (κ1) is 15.9. The number of halogens is 1. The fraction of sp³-hybridized carbons (Fsp3) is 0.385. The minimum absolute atomic E-state index is 0.116. The lowest BCUT2D eigenvalue weighted by Crippen LogP contribution is -2.18. The molecule has 0 aliphatic heterocycles. The molecule has 0 aromatic heterocycles. The van der Waals surface area contributed by atoms with Crippen LogP contribution in [0, 0.1) is 9.49 Å². The van der Waals surface area contributed by atoms with Gasteiger partial charge in [-0.05, 0) is 46.7 Å². The summed E-state index contributed by atoms with van der Waals surface area (Å²) < 4.78 is 5.77. The fourth-order valence-electron chi connectivity index (χ4n) is 1.62. The quantitative estimate of drug-likeness (QED) is 0.748. The van der Waals surface area contributed by atoms with Gasteiger partial charge in [0.15, 0.2) is 0 Å². The second-order valence-electron chi connectivity index (χ2n) is 4.31. The molecular formula is C13H16INO4. The van der Waals surface area contributed by atoms with Crippen molar-refractivity contribution in [3.8, 4) is 0 Å². The van der Waals surface area contributed by atoms with E-state index < -0.39 is 5.97 Å². The van der Waals surface area contributed by atoms with Gasteiger partial charge in [-0.15, -0.1) is 0 Å². The van der Waals surface area contributed by atoms with Crippen LogP contribution in [0.4, 0.5) is 5.69 Å². The number of carboxylic acids is 1. The van der Waals surface area contributed by atoms with Crippen molar-refractivity contribution >= 4 is 40.2 Å². The highest BCUT2D eigenvalue weighted by molar-refractivity contribution is 14.1. The van der Waals surface area contributed by atoms with Gasteiger partial charge in [0.05, 0.1) is 11.3 Å². The van der Waals surface area contributed by atoms with Crippen LogP contribution in [-0.2, 0) is 9.53 Å². The molecule has 1 rings (SSSR count). The van der Waals surface area contributed by atoms with Crippen molar-refractivity contribution in [1.82, 2.24) is 0 Å². The van der Waals surface area contributed by atoms with Gasteiger partial charge in [0.2, 0.25) is 5.91 Å². The second-order valence-corrected chi connectivity index (χ2v) is 5.47. The Morgan fingerprint density at radius 3 is 2.74 bits per heavy atom. The molecule has 0 saturated heterocycles. The molecule has 1 atom stereocenters. The minimum Gasteiger partial charge on any atom is -0.478 e. The summed E-state index contributed by atoms with van der Waals surface area (Å²) in [5.74, 6) is -1.05. The first-order valence-electron chi connectivity index (χ1n) is 5.75. The van der Waals surface area contributed by atoms with E-state index in [1.54, 1.807) is 13.2 Å². The molecule has 6 heteroatoms. The zero-order chi connectivity index (χ0) is 14.4. The molecule has 0 heterocycles. The summed E-state index contributed by atoms with van der Waals surface area (Å²) >= 11 is 2.05. The number of aromatic carboxylic acids is 1. The molecule has 1 amide bonds. The number of carbonyl (C=O) groups is 2. The van der Waals surface area contributed by atoms with E-state index in [9.17, 15) is 9.59 Å². The van der Waals surface area contributed by atoms with E-state index in [0.717, 1.165) is 3.57 Å². The molecule has 0 bridgehead atoms. The van der Waals surface area contributed by atoms with E-state index in [-0.39, 0.29) is 17.4 Å². The average Bonchev–Trinajstić information content (AvgIpc) is 2.31. The lowest BCUT2D eigenvalue weighted by molar-refractivity contribution is -0.117. The third-order valence-electron chi connectivity index (χ3n) is 2.47. The summed E-state index contributed by atoms with van der Waals surface area (Å²) in [6, 6.07) is 4.63. The molecule has 0 saturated carbocycles. The van der Waals surface area contributed by atoms with Crippen LogP contribution in [0.5, 0.6) is 0 Å². The van der Waals surface area contributed by atoms with Gasteiger partial charge in [-0.3, -0.25) is 4.79 Å². The zero-order valence-electron chi connectivity index (χ0n) is 10.8. The van der Waals surface area contributed by atoms with Crippen molar-refractivity contribution in [2.75, 3.05) is 19.0 Å². The Balaban J connectivity index is 2.73. The van der Waals surface area contributed by atoms with Crippen LogP contribution in [-0.4, -0.2) is 30.7 Å². The van der Waals surface area contributed by atoms with E-state index in [2.05, 4.69) is 27.9 Å². The Hall–Kier alpha value is -1.15. The van der Waals surface area contributed by atoms with Crippen LogP contribution >= 0.6 is 22.6 Å². The van der Waals surface area contributed by atoms with Crippen LogP contribution in [0.25, 0.3) is 0 Å². The Morgan fingerprint density at radius 2 is 2.16 bits per heavy atom. The van der Waals surface area contributed by atoms with Gasteiger partial charge < -0.3 is 15.2 Å². The number of nitrogens with one attached hydrogen (secondary N) is 1. The van der Waals surface area contributed by atoms with E-state index in [1.165, 1.54) is 12.1 Å². The summed E-state index contributed by atoms with van der Waals surface area (Å²) in [6.07, 6.45) is 0.335. The molecule has 0 spiro atoms. The predicted molar refractivity (Wildman–Crippen MR) is 80.4 cm³/mol. The normalized spacial score (nSPS) is 11.9. The largest absolute Gasteiger partial charge is 0.478 e. The number of anilines is 1. The molecule has 0 aliphatic carbocycles. The van der Waals surface area contributed by atoms with Crippen molar-refractivity contribution in [2.45, 2.75) is 13.3 Å². The molecule has 5 nitrogen and oxygen atoms in total. The first-order chi connectivity index (χ1) is 8.93. The minimum atomic E-state index is -1.01. The fourth-order valence-corrected chi connectivity index (χ4v) is 2.09. The highest BCUT2D eigenvalue weighted by atomic mass is 127. The van der Waals surface area contributed by atoms with E-state index >= 15 is 0 Å². The molecule has 2 N–H and O–H groups in total. The van der Waals surface area contributed by atoms with Crippen LogP contribution in [0.3, 0.4) is 0 Å². The van der Waals surface area contributed by atoms with Crippen molar-refractivity contribution in [3.63, 3.8) is 0 Å². The SMILES string of the molecule is COCC(C)CC(=O)Nc1cc(C(=O)O)ccc1I. The van der Waals surface area contributed by atoms with E-state index in [4.69, 9.17) is 9.84 Å². The maximum Gasteiger partial charge on any atom is 0.335 e. The number of methoxy groups -OCH3 is 1. The molecule has 0 radical (unpaired) electrons. The number of benzene rings is 1. The summed E-state index contributed by atoms with van der Waals surface area (Å²) in [5, 5.41) is 11.6. The van der Waals surface area contributed by atoms with E-state index in [0.29, 0.717) is 18.7 Å². The van der Waals surface area contributed by atoms with Crippen molar-refractivity contribution in [1.29, 1.82) is 0 Å². The molecular weight excluding hydrogens is 361 g/mol. The maximum atomic E-state index is 11.8. The van der Waals surface area contributed by atoms with E-state index in [1.807, 2.05) is 6.92 Å². The number of hydrogen-bond donors (Lipinski definition) is 2. The number of rotatable bonds is 6. The lowest BCUT2D eigenvalue weighted by atomic mass is 10.1. The third-order valence-corrected chi connectivity index (χ3v) is 3.41. The zero-order valence-corrected chi connectivity index (χ0v) is 12.9. The lowest BCUT2D eigenvalue weighted by Gasteiger charge is -2.12. The monoisotopic (exact) mass is 377 g/mol. The summed E-state index contributed by atoms with van der Waals surface area (Å²) in [5.41, 5.74) is 0.677. The molecule has 104 valence electrons. The first-order valence-corrected chi connectivity index (χ1v) is 6.83. The summed E-state index contributed by atoms with van der Waals surface area (Å²) in [4.78, 5) is 22.7. The molecule has 1 unspecified atom stereocenters. The summed E-state index contributed by atoms with van der Waals surface area (Å²) in [7, 11) is 1.59. The highest BCUT2D eigenvalue weighted by Gasteiger charge is 2.12. The Labute approximate surface area is 125 Å². The Morgan fingerprint density at radius 1 is 1.47 bits per heavy atom. The number of carboxylic acid groups (broad SMARTS) is 1. The maximum absolute atomic E-state index is 11.8. The van der Waals surface area contributed by atoms with Crippen LogP contribution < -0.4 is 5.32 Å². The van der Waals surface area contributed by atoms with Crippen molar-refractivity contribution in [3.05, 3.63) is 27.3 Å². The average molecular weight is 377 g/mol. The third kappa shape index (κ3) is 5.15. The molecule has 0 fully saturated rings. The molecule has 1 aromatic rings. The number of hydrogen-bond acceptors (Lipinski definition) is 3. The predicted octanol–water partition coefficient (Wildman–Crippen LogP) is 2.60. The van der Waals surface area contributed by atoms with Gasteiger partial charge in [0.1, 0.15) is 0 Å². The Bertz CT molecular complexity index is 476. The number of amides is 1. The van der Waals surface area contributed by atoms with Gasteiger partial charge in [0.25, 0.3) is 0 Å². The molecule has 1 aromatic carbocycles. The van der Waals surface area contributed by atoms with Gasteiger partial charge >= 0.3 is 5.97 Å². The van der Waals surface area contributed by atoms with Crippen LogP contribution in [0.15, 0.2) is 18.2 Å². The van der Waals surface area contributed by atoms with Gasteiger partial charge in [0, 0.05) is 23.7 Å². The molecule has 19 heavy (non-hydrogen) atoms. The van der Waals surface area contributed by atoms with Crippen LogP contribution in [0.1, 0.15) is 23.7 Å². The van der Waals surface area contributed by atoms with Crippen molar-refractivity contribution in [2.24, 2.45) is 5.92 Å². The topological polar surface area (TPSA) is 75.6 Å². The second kappa shape index (κ2) is 7.44. The van der Waals surface area contributed by atoms with Gasteiger partial charge in [-0.25, -0.2) is 4.79 Å². The number of carbonyl (C=O) groups excluding carboxylic acids is 1. The smallest absolute Gasteiger partial charge is 0.335 e. The Kier molecular flexibility index (Phi) is 6.23. The van der Waals surface area contributed by atoms with Crippen LogP contribution in [0.2, 0.25) is 0 Å². The number of ether oxygens (including phenoxy) is 1. The van der Waals surface area contributed by atoms with Crippen molar-refractivity contribution < 1.29 is 19.4 Å². The highest BCUT2D eigenvalue weighted by Crippen LogP contribution is 2.20.